The van der Waals surface area contributed by atoms with Gasteiger partial charge < -0.3 is 11.1 Å². The van der Waals surface area contributed by atoms with Gasteiger partial charge in [0.25, 0.3) is 11.8 Å². The summed E-state index contributed by atoms with van der Waals surface area (Å²) in [4.78, 5) is 36.8. The molecule has 0 fully saturated rings. The molecular formula is C30H28N10O2. The second-order valence-corrected chi connectivity index (χ2v) is 9.97. The van der Waals surface area contributed by atoms with Crippen LogP contribution in [0.5, 0.6) is 0 Å². The molecular weight excluding hydrogens is 532 g/mol. The molecule has 4 heterocycles. The largest absolute Gasteiger partial charge is 0.381 e. The maximum Gasteiger partial charge on any atom is 0.259 e. The lowest BCUT2D eigenvalue weighted by atomic mass is 9.85. The predicted molar refractivity (Wildman–Crippen MR) is 158 cm³/mol. The van der Waals surface area contributed by atoms with Gasteiger partial charge in [0.2, 0.25) is 0 Å². The van der Waals surface area contributed by atoms with E-state index in [-0.39, 0.29) is 17.3 Å². The van der Waals surface area contributed by atoms with Gasteiger partial charge in [-0.2, -0.15) is 5.10 Å². The van der Waals surface area contributed by atoms with Crippen molar-refractivity contribution in [2.45, 2.75) is 25.9 Å². The first-order valence-electron chi connectivity index (χ1n) is 13.3. The Labute approximate surface area is 241 Å². The summed E-state index contributed by atoms with van der Waals surface area (Å²) in [7, 11) is 1.85. The maximum atomic E-state index is 14.2. The van der Waals surface area contributed by atoms with Gasteiger partial charge in [0.15, 0.2) is 11.5 Å². The van der Waals surface area contributed by atoms with Gasteiger partial charge in [-0.3, -0.25) is 24.7 Å². The number of para-hydroxylation sites is 1. The fourth-order valence-corrected chi connectivity index (χ4v) is 4.93. The van der Waals surface area contributed by atoms with Crippen molar-refractivity contribution >= 4 is 34.8 Å². The van der Waals surface area contributed by atoms with Gasteiger partial charge in [0, 0.05) is 25.0 Å². The molecule has 12 nitrogen and oxygen atoms in total. The van der Waals surface area contributed by atoms with Crippen LogP contribution >= 0.6 is 0 Å². The highest BCUT2D eigenvalue weighted by Crippen LogP contribution is 2.31. The van der Waals surface area contributed by atoms with Crippen LogP contribution in [0.4, 0.5) is 11.5 Å². The van der Waals surface area contributed by atoms with Crippen LogP contribution in [0.2, 0.25) is 0 Å². The van der Waals surface area contributed by atoms with E-state index in [2.05, 4.69) is 37.8 Å². The number of aryl methyl sites for hydroxylation is 1. The zero-order valence-corrected chi connectivity index (χ0v) is 23.2. The van der Waals surface area contributed by atoms with Crippen LogP contribution in [0.25, 0.3) is 5.65 Å². The van der Waals surface area contributed by atoms with E-state index >= 15 is 0 Å². The first-order valence-corrected chi connectivity index (χ1v) is 13.3. The smallest absolute Gasteiger partial charge is 0.259 e. The Morgan fingerprint density at radius 2 is 1.98 bits per heavy atom. The summed E-state index contributed by atoms with van der Waals surface area (Å²) in [5, 5.41) is 12.7. The standard InChI is InChI=1S/C30H28N10O2/c1-18(34-29(41)25-26(31)37-39-16-8-15-32-28(25)39)27-35-23-12-7-9-20(13-14-21-17-33-38(3)19(21)2)24(23)30(42)40(27)36-22-10-5-4-6-11-22/h4-12,15-18,23-24,36H,1-3H3,(H2,31,37)(H,34,41)/t18-,23?,24?/m1/s1. The molecule has 4 N–H and O–H groups in total. The normalized spacial score (nSPS) is 18.5. The van der Waals surface area contributed by atoms with Crippen molar-refractivity contribution in [2.24, 2.45) is 18.0 Å². The van der Waals surface area contributed by atoms with Crippen molar-refractivity contribution in [2.75, 3.05) is 11.2 Å². The van der Waals surface area contributed by atoms with Crippen molar-refractivity contribution in [1.82, 2.24) is 34.7 Å². The summed E-state index contributed by atoms with van der Waals surface area (Å²) >= 11 is 0. The monoisotopic (exact) mass is 560 g/mol. The number of carbonyl (C=O) groups excluding carboxylic acids is 2. The second-order valence-electron chi connectivity index (χ2n) is 9.97. The molecule has 3 atom stereocenters. The van der Waals surface area contributed by atoms with Gasteiger partial charge in [-0.1, -0.05) is 42.2 Å². The summed E-state index contributed by atoms with van der Waals surface area (Å²) in [5.74, 6) is 5.35. The molecule has 0 saturated carbocycles. The number of fused-ring (bicyclic) bond motifs is 2. The van der Waals surface area contributed by atoms with Crippen LogP contribution in [0, 0.1) is 24.7 Å². The van der Waals surface area contributed by atoms with Gasteiger partial charge in [-0.15, -0.1) is 5.10 Å². The van der Waals surface area contributed by atoms with Gasteiger partial charge in [-0.05, 0) is 38.1 Å². The first kappa shape index (κ1) is 26.5. The van der Waals surface area contributed by atoms with E-state index in [0.29, 0.717) is 22.7 Å². The zero-order chi connectivity index (χ0) is 29.4. The summed E-state index contributed by atoms with van der Waals surface area (Å²) in [6.07, 6.45) is 10.5. The topological polar surface area (TPSA) is 148 Å². The molecule has 1 aliphatic carbocycles. The third kappa shape index (κ3) is 4.77. The molecule has 1 aliphatic heterocycles. The van der Waals surface area contributed by atoms with Gasteiger partial charge in [0.1, 0.15) is 11.4 Å². The molecule has 2 unspecified atom stereocenters. The number of aromatic nitrogens is 5. The average Bonchev–Trinajstić information content (AvgIpc) is 3.50. The van der Waals surface area contributed by atoms with Crippen LogP contribution < -0.4 is 16.5 Å². The number of hydrogen-bond donors (Lipinski definition) is 3. The van der Waals surface area contributed by atoms with Crippen LogP contribution in [0.3, 0.4) is 0 Å². The summed E-state index contributed by atoms with van der Waals surface area (Å²) in [6, 6.07) is 9.78. The molecule has 12 heteroatoms. The molecule has 4 aromatic rings. The molecule has 2 aliphatic rings. The number of nitrogens with two attached hydrogens (primary N) is 1. The lowest BCUT2D eigenvalue weighted by Crippen LogP contribution is -2.58. The van der Waals surface area contributed by atoms with E-state index in [0.717, 1.165) is 11.3 Å². The number of aliphatic imine (C=N–C) groups is 1. The highest BCUT2D eigenvalue weighted by atomic mass is 16.2. The number of rotatable bonds is 5. The molecule has 0 radical (unpaired) electrons. The van der Waals surface area contributed by atoms with Crippen molar-refractivity contribution in [3.05, 3.63) is 95.6 Å². The number of nitrogens with zero attached hydrogens (tertiary/aromatic N) is 7. The minimum absolute atomic E-state index is 0.0480. The van der Waals surface area contributed by atoms with Crippen LogP contribution in [-0.4, -0.2) is 59.1 Å². The number of amidine groups is 1. The van der Waals surface area contributed by atoms with E-state index in [9.17, 15) is 9.59 Å². The molecule has 3 aromatic heterocycles. The number of allylic oxidation sites excluding steroid dienone is 2. The predicted octanol–water partition coefficient (Wildman–Crippen LogP) is 2.27. The van der Waals surface area contributed by atoms with E-state index < -0.39 is 23.9 Å². The van der Waals surface area contributed by atoms with E-state index in [1.807, 2.05) is 62.5 Å². The molecule has 210 valence electrons. The quantitative estimate of drug-likeness (QED) is 0.317. The minimum atomic E-state index is -0.691. The van der Waals surface area contributed by atoms with Crippen LogP contribution in [0.15, 0.2) is 83.8 Å². The third-order valence-electron chi connectivity index (χ3n) is 7.23. The molecule has 2 amide bonds. The van der Waals surface area contributed by atoms with Crippen LogP contribution in [0.1, 0.15) is 28.5 Å². The van der Waals surface area contributed by atoms with Crippen LogP contribution in [-0.2, 0) is 11.8 Å². The number of carbonyl (C=O) groups is 2. The number of hydrazine groups is 1. The SMILES string of the molecule is Cc1c(C#CC2=CC=CC3N=C([C@@H](C)NC(=O)c4c(N)nn5cccnc45)N(Nc4ccccc4)C(=O)C23)cnn1C. The zero-order valence-electron chi connectivity index (χ0n) is 23.2. The van der Waals surface area contributed by atoms with Crippen molar-refractivity contribution in [3.8, 4) is 11.8 Å². The Kier molecular flexibility index (Phi) is 6.76. The number of hydrogen-bond acceptors (Lipinski definition) is 8. The highest BCUT2D eigenvalue weighted by Gasteiger charge is 2.42. The highest BCUT2D eigenvalue weighted by molar-refractivity contribution is 6.10. The number of nitrogens with one attached hydrogen (secondary N) is 2. The lowest BCUT2D eigenvalue weighted by Gasteiger charge is -2.38. The minimum Gasteiger partial charge on any atom is -0.381 e. The van der Waals surface area contributed by atoms with Gasteiger partial charge >= 0.3 is 0 Å². The number of benzene rings is 1. The Bertz CT molecular complexity index is 1850. The third-order valence-corrected chi connectivity index (χ3v) is 7.23. The van der Waals surface area contributed by atoms with E-state index in [4.69, 9.17) is 10.7 Å². The van der Waals surface area contributed by atoms with Crippen molar-refractivity contribution < 1.29 is 9.59 Å². The Morgan fingerprint density at radius 3 is 2.74 bits per heavy atom. The number of anilines is 2. The summed E-state index contributed by atoms with van der Waals surface area (Å²) in [5.41, 5.74) is 12.8. The molecule has 6 rings (SSSR count). The molecule has 1 aromatic carbocycles. The summed E-state index contributed by atoms with van der Waals surface area (Å²) in [6.45, 7) is 3.70. The number of nitrogen functional groups attached to an aromatic ring is 1. The van der Waals surface area contributed by atoms with E-state index in [1.54, 1.807) is 36.3 Å². The first-order chi connectivity index (χ1) is 20.3. The Morgan fingerprint density at radius 1 is 1.17 bits per heavy atom. The van der Waals surface area contributed by atoms with Gasteiger partial charge in [0.05, 0.1) is 41.1 Å². The van der Waals surface area contributed by atoms with Gasteiger partial charge in [-0.25, -0.2) is 14.5 Å². The molecule has 42 heavy (non-hydrogen) atoms. The van der Waals surface area contributed by atoms with E-state index in [1.165, 1.54) is 9.52 Å². The van der Waals surface area contributed by atoms with Crippen molar-refractivity contribution in [3.63, 3.8) is 0 Å². The average molecular weight is 561 g/mol. The molecule has 0 saturated heterocycles. The summed E-state index contributed by atoms with van der Waals surface area (Å²) < 4.78 is 3.20. The fraction of sp³-hybridized carbons (Fsp3) is 0.200. The molecule has 0 bridgehead atoms. The lowest BCUT2D eigenvalue weighted by molar-refractivity contribution is -0.130. The Hall–Kier alpha value is -5.70. The fourth-order valence-electron chi connectivity index (χ4n) is 4.93. The number of amides is 2. The Balaban J connectivity index is 1.34. The second kappa shape index (κ2) is 10.7. The molecule has 0 spiro atoms. The van der Waals surface area contributed by atoms with Crippen molar-refractivity contribution in [1.29, 1.82) is 0 Å². The maximum absolute atomic E-state index is 14.2.